The normalized spacial score (nSPS) is 15.3. The molecule has 0 bridgehead atoms. The van der Waals surface area contributed by atoms with Crippen LogP contribution < -0.4 is 9.64 Å². The van der Waals surface area contributed by atoms with Crippen LogP contribution in [-0.2, 0) is 0 Å². The van der Waals surface area contributed by atoms with Gasteiger partial charge >= 0.3 is 0 Å². The zero-order valence-corrected chi connectivity index (χ0v) is 14.3. The molecular weight excluding hydrogens is 314 g/mol. The molecule has 5 heteroatoms. The van der Waals surface area contributed by atoms with E-state index in [9.17, 15) is 0 Å². The third kappa shape index (κ3) is 3.50. The molecule has 1 saturated heterocycles. The maximum absolute atomic E-state index is 5.83. The van der Waals surface area contributed by atoms with Crippen molar-refractivity contribution < 1.29 is 9.26 Å². The van der Waals surface area contributed by atoms with Crippen molar-refractivity contribution in [2.45, 2.75) is 25.9 Å². The Labute approximate surface area is 147 Å². The summed E-state index contributed by atoms with van der Waals surface area (Å²) in [6, 6.07) is 18.0. The molecule has 1 fully saturated rings. The zero-order valence-electron chi connectivity index (χ0n) is 14.3. The summed E-state index contributed by atoms with van der Waals surface area (Å²) in [5.41, 5.74) is 2.20. The lowest BCUT2D eigenvalue weighted by atomic mass is 10.2. The van der Waals surface area contributed by atoms with Gasteiger partial charge in [-0.2, -0.15) is 4.98 Å². The summed E-state index contributed by atoms with van der Waals surface area (Å²) in [5, 5.41) is 4.10. The number of hydrogen-bond acceptors (Lipinski definition) is 5. The molecule has 128 valence electrons. The van der Waals surface area contributed by atoms with Crippen molar-refractivity contribution in [1.82, 2.24) is 10.1 Å². The standard InChI is InChI=1S/C20H21N3O2/c1-15(24-18-7-3-2-4-8-18)20-21-19(22-25-20)16-9-11-17(12-10-16)23-13-5-6-14-23/h2-4,7-12,15H,5-6,13-14H2,1H3/t15-/m0/s1. The van der Waals surface area contributed by atoms with Crippen molar-refractivity contribution in [1.29, 1.82) is 0 Å². The summed E-state index contributed by atoms with van der Waals surface area (Å²) >= 11 is 0. The van der Waals surface area contributed by atoms with Crippen molar-refractivity contribution in [3.05, 3.63) is 60.5 Å². The second kappa shape index (κ2) is 6.97. The number of hydrogen-bond donors (Lipinski definition) is 0. The van der Waals surface area contributed by atoms with Crippen LogP contribution in [0.25, 0.3) is 11.4 Å². The van der Waals surface area contributed by atoms with Gasteiger partial charge in [-0.15, -0.1) is 0 Å². The van der Waals surface area contributed by atoms with E-state index in [1.807, 2.05) is 49.4 Å². The molecule has 1 aliphatic rings. The topological polar surface area (TPSA) is 51.4 Å². The molecule has 2 aromatic carbocycles. The van der Waals surface area contributed by atoms with Crippen LogP contribution in [0.2, 0.25) is 0 Å². The molecule has 3 aromatic rings. The van der Waals surface area contributed by atoms with Gasteiger partial charge < -0.3 is 14.2 Å². The van der Waals surface area contributed by atoms with E-state index in [4.69, 9.17) is 9.26 Å². The molecule has 0 radical (unpaired) electrons. The van der Waals surface area contributed by atoms with Gasteiger partial charge in [0.25, 0.3) is 5.89 Å². The fraction of sp³-hybridized carbons (Fsp3) is 0.300. The van der Waals surface area contributed by atoms with Gasteiger partial charge in [-0.3, -0.25) is 0 Å². The zero-order chi connectivity index (χ0) is 17.1. The number of ether oxygens (including phenoxy) is 1. The van der Waals surface area contributed by atoms with Crippen LogP contribution >= 0.6 is 0 Å². The number of anilines is 1. The Kier molecular flexibility index (Phi) is 4.37. The molecule has 4 rings (SSSR count). The summed E-state index contributed by atoms with van der Waals surface area (Å²) in [4.78, 5) is 6.89. The molecule has 0 spiro atoms. The van der Waals surface area contributed by atoms with Gasteiger partial charge in [0, 0.05) is 24.3 Å². The summed E-state index contributed by atoms with van der Waals surface area (Å²) in [6.45, 7) is 4.18. The Balaban J connectivity index is 1.47. The van der Waals surface area contributed by atoms with Crippen LogP contribution in [0, 0.1) is 0 Å². The number of para-hydroxylation sites is 1. The number of nitrogens with zero attached hydrogens (tertiary/aromatic N) is 3. The predicted octanol–water partition coefficient (Wildman–Crippen LogP) is 4.48. The highest BCUT2D eigenvalue weighted by Gasteiger charge is 2.17. The summed E-state index contributed by atoms with van der Waals surface area (Å²) in [5.74, 6) is 1.85. The van der Waals surface area contributed by atoms with Gasteiger partial charge in [0.15, 0.2) is 6.10 Å². The molecule has 0 unspecified atom stereocenters. The highest BCUT2D eigenvalue weighted by molar-refractivity contribution is 5.60. The van der Waals surface area contributed by atoms with E-state index in [0.29, 0.717) is 11.7 Å². The fourth-order valence-electron chi connectivity index (χ4n) is 3.07. The average Bonchev–Trinajstić information content (AvgIpc) is 3.35. The van der Waals surface area contributed by atoms with E-state index in [2.05, 4.69) is 27.2 Å². The number of rotatable bonds is 5. The highest BCUT2D eigenvalue weighted by Crippen LogP contribution is 2.26. The Morgan fingerprint density at radius 1 is 1.00 bits per heavy atom. The van der Waals surface area contributed by atoms with Crippen LogP contribution in [0.15, 0.2) is 59.1 Å². The molecule has 0 amide bonds. The second-order valence-electron chi connectivity index (χ2n) is 6.27. The van der Waals surface area contributed by atoms with E-state index in [1.54, 1.807) is 0 Å². The number of benzene rings is 2. The Bertz CT molecular complexity index is 808. The molecule has 0 N–H and O–H groups in total. The molecule has 1 aliphatic heterocycles. The molecule has 0 saturated carbocycles. The molecular formula is C20H21N3O2. The van der Waals surface area contributed by atoms with Crippen molar-refractivity contribution in [2.24, 2.45) is 0 Å². The first-order valence-electron chi connectivity index (χ1n) is 8.70. The fourth-order valence-corrected chi connectivity index (χ4v) is 3.07. The molecule has 5 nitrogen and oxygen atoms in total. The van der Waals surface area contributed by atoms with Gasteiger partial charge in [0.05, 0.1) is 0 Å². The van der Waals surface area contributed by atoms with Crippen LogP contribution in [0.4, 0.5) is 5.69 Å². The van der Waals surface area contributed by atoms with E-state index in [1.165, 1.54) is 18.5 Å². The van der Waals surface area contributed by atoms with Crippen LogP contribution in [0.1, 0.15) is 31.8 Å². The van der Waals surface area contributed by atoms with Gasteiger partial charge in [-0.25, -0.2) is 0 Å². The third-order valence-electron chi connectivity index (χ3n) is 4.44. The van der Waals surface area contributed by atoms with E-state index >= 15 is 0 Å². The summed E-state index contributed by atoms with van der Waals surface area (Å²) < 4.78 is 11.2. The van der Waals surface area contributed by atoms with E-state index in [-0.39, 0.29) is 6.10 Å². The molecule has 1 atom stereocenters. The van der Waals surface area contributed by atoms with Crippen molar-refractivity contribution in [3.63, 3.8) is 0 Å². The van der Waals surface area contributed by atoms with E-state index < -0.39 is 0 Å². The Morgan fingerprint density at radius 3 is 2.44 bits per heavy atom. The first-order valence-corrected chi connectivity index (χ1v) is 8.70. The second-order valence-corrected chi connectivity index (χ2v) is 6.27. The molecule has 2 heterocycles. The minimum Gasteiger partial charge on any atom is -0.481 e. The van der Waals surface area contributed by atoms with Crippen LogP contribution in [0.3, 0.4) is 0 Å². The van der Waals surface area contributed by atoms with Gasteiger partial charge in [0.1, 0.15) is 5.75 Å². The quantitative estimate of drug-likeness (QED) is 0.688. The van der Waals surface area contributed by atoms with Gasteiger partial charge in [0.2, 0.25) is 5.82 Å². The monoisotopic (exact) mass is 335 g/mol. The molecule has 25 heavy (non-hydrogen) atoms. The molecule has 1 aromatic heterocycles. The van der Waals surface area contributed by atoms with Gasteiger partial charge in [-0.1, -0.05) is 23.4 Å². The van der Waals surface area contributed by atoms with Crippen LogP contribution in [-0.4, -0.2) is 23.2 Å². The Morgan fingerprint density at radius 2 is 1.72 bits per heavy atom. The maximum Gasteiger partial charge on any atom is 0.267 e. The van der Waals surface area contributed by atoms with Crippen molar-refractivity contribution in [2.75, 3.05) is 18.0 Å². The minimum atomic E-state index is -0.299. The largest absolute Gasteiger partial charge is 0.481 e. The summed E-state index contributed by atoms with van der Waals surface area (Å²) in [6.07, 6.45) is 2.25. The smallest absolute Gasteiger partial charge is 0.267 e. The summed E-state index contributed by atoms with van der Waals surface area (Å²) in [7, 11) is 0. The predicted molar refractivity (Wildman–Crippen MR) is 96.7 cm³/mol. The lowest BCUT2D eigenvalue weighted by Crippen LogP contribution is -2.17. The SMILES string of the molecule is C[C@H](Oc1ccccc1)c1nc(-c2ccc(N3CCCC3)cc2)no1. The highest BCUT2D eigenvalue weighted by atomic mass is 16.5. The van der Waals surface area contributed by atoms with E-state index in [0.717, 1.165) is 24.4 Å². The minimum absolute atomic E-state index is 0.299. The van der Waals surface area contributed by atoms with Crippen molar-refractivity contribution >= 4 is 5.69 Å². The number of aromatic nitrogens is 2. The average molecular weight is 335 g/mol. The maximum atomic E-state index is 5.83. The first-order chi connectivity index (χ1) is 12.3. The van der Waals surface area contributed by atoms with Crippen LogP contribution in [0.5, 0.6) is 5.75 Å². The lowest BCUT2D eigenvalue weighted by Gasteiger charge is -2.17. The molecule has 0 aliphatic carbocycles. The van der Waals surface area contributed by atoms with Crippen molar-refractivity contribution in [3.8, 4) is 17.1 Å². The Hall–Kier alpha value is -2.82. The lowest BCUT2D eigenvalue weighted by molar-refractivity contribution is 0.176. The third-order valence-corrected chi connectivity index (χ3v) is 4.44. The van der Waals surface area contributed by atoms with Gasteiger partial charge in [-0.05, 0) is 56.2 Å². The first kappa shape index (κ1) is 15.7.